The first kappa shape index (κ1) is 26.4. The minimum Gasteiger partial charge on any atom is -1.00 e. The monoisotopic (exact) mass is 158 g/mol. The fraction of sp³-hybridized carbons (Fsp3) is 0. The zero-order valence-electron chi connectivity index (χ0n) is 5.52. The molecule has 2 N–H and O–H groups in total. The van der Waals surface area contributed by atoms with E-state index in [4.69, 9.17) is 0 Å². The van der Waals surface area contributed by atoms with Crippen molar-refractivity contribution in [2.75, 3.05) is 0 Å². The fourth-order valence-electron chi connectivity index (χ4n) is 0. The Morgan fingerprint density at radius 1 is 1.25 bits per heavy atom. The maximum Gasteiger partial charge on any atom is 2.00 e. The van der Waals surface area contributed by atoms with Gasteiger partial charge in [0.25, 0.3) is 0 Å². The quantitative estimate of drug-likeness (QED) is 0.324. The summed E-state index contributed by atoms with van der Waals surface area (Å²) < 4.78 is 0. The normalized spacial score (nSPS) is 0. The van der Waals surface area contributed by atoms with Crippen LogP contribution in [0.3, 0.4) is 0 Å². The molecule has 0 aliphatic rings. The van der Waals surface area contributed by atoms with Gasteiger partial charge in [-0.25, -0.2) is 0 Å². The van der Waals surface area contributed by atoms with Gasteiger partial charge in [0, 0.05) is 16.5 Å². The molecule has 0 unspecified atom stereocenters. The second-order valence-electron chi connectivity index (χ2n) is 0. The average Bonchev–Trinajstić information content (AvgIpc) is 0. The molecule has 0 spiro atoms. The molecule has 0 amide bonds. The Hall–Kier alpha value is 3.35. The van der Waals surface area contributed by atoms with Gasteiger partial charge in [-0.05, 0) is 0 Å². The molecule has 0 atom stereocenters. The molecule has 0 aromatic carbocycles. The van der Waals surface area contributed by atoms with Gasteiger partial charge >= 0.3 is 89.1 Å². The Kier molecular flexibility index (Phi) is 107. The van der Waals surface area contributed by atoms with Crippen molar-refractivity contribution < 1.29 is 77.6 Å². The van der Waals surface area contributed by atoms with Crippen LogP contribution < -0.4 is 51.4 Å². The SMILES string of the molecule is O.[Ca+2].[H-].[H-].[H-].[K+].[Ni]. The third kappa shape index (κ3) is 9.02. The van der Waals surface area contributed by atoms with E-state index in [9.17, 15) is 0 Å². The summed E-state index contributed by atoms with van der Waals surface area (Å²) in [5.74, 6) is 0. The molecule has 0 radical (unpaired) electrons. The molecule has 0 rings (SSSR count). The first-order valence-electron chi connectivity index (χ1n) is 0. The largest absolute Gasteiger partial charge is 2.00 e. The van der Waals surface area contributed by atoms with Crippen molar-refractivity contribution in [2.24, 2.45) is 0 Å². The molecule has 0 aliphatic carbocycles. The van der Waals surface area contributed by atoms with Crippen molar-refractivity contribution in [2.45, 2.75) is 0 Å². The van der Waals surface area contributed by atoms with Crippen LogP contribution in [0.15, 0.2) is 0 Å². The summed E-state index contributed by atoms with van der Waals surface area (Å²) in [5.41, 5.74) is 0. The Balaban J connectivity index is 0. The van der Waals surface area contributed by atoms with Crippen LogP contribution in [0.5, 0.6) is 0 Å². The van der Waals surface area contributed by atoms with Crippen LogP contribution in [0.25, 0.3) is 0 Å². The number of hydrogen-bond donors (Lipinski definition) is 0. The first-order valence-corrected chi connectivity index (χ1v) is 0. The van der Waals surface area contributed by atoms with Crippen LogP contribution in [-0.4, -0.2) is 43.2 Å². The van der Waals surface area contributed by atoms with Gasteiger partial charge in [-0.3, -0.25) is 0 Å². The Bertz CT molecular complexity index is 14.9. The maximum atomic E-state index is 0. The fourth-order valence-corrected chi connectivity index (χ4v) is 0. The zero-order chi connectivity index (χ0) is 0. The van der Waals surface area contributed by atoms with Gasteiger partial charge < -0.3 is 9.76 Å². The first-order chi connectivity index (χ1) is 0. The van der Waals surface area contributed by atoms with Gasteiger partial charge in [0.15, 0.2) is 0 Å². The summed E-state index contributed by atoms with van der Waals surface area (Å²) in [4.78, 5) is 0. The van der Waals surface area contributed by atoms with Crippen LogP contribution >= 0.6 is 0 Å². The summed E-state index contributed by atoms with van der Waals surface area (Å²) >= 11 is 0. The standard InChI is InChI=1S/Ca.K.Ni.H2O.3H/h;;;1H2;;;/q+2;+1;;;3*-1. The summed E-state index contributed by atoms with van der Waals surface area (Å²) in [6.45, 7) is 0. The van der Waals surface area contributed by atoms with Crippen LogP contribution in [0.1, 0.15) is 4.28 Å². The third-order valence-electron chi connectivity index (χ3n) is 0. The summed E-state index contributed by atoms with van der Waals surface area (Å²) in [5, 5.41) is 0. The predicted octanol–water partition coefficient (Wildman–Crippen LogP) is -3.87. The Labute approximate surface area is 112 Å². The molecular formula is H5CaKNiO. The minimum absolute atomic E-state index is 0. The van der Waals surface area contributed by atoms with Gasteiger partial charge in [-0.15, -0.1) is 0 Å². The molecule has 0 saturated heterocycles. The van der Waals surface area contributed by atoms with E-state index >= 15 is 0 Å². The maximum absolute atomic E-state index is 0. The smallest absolute Gasteiger partial charge is 1.00 e. The molecule has 4 heteroatoms. The van der Waals surface area contributed by atoms with Crippen molar-refractivity contribution in [3.05, 3.63) is 0 Å². The van der Waals surface area contributed by atoms with Gasteiger partial charge in [0.2, 0.25) is 0 Å². The molecule has 0 saturated carbocycles. The molecular weight excluding hydrogens is 154 g/mol. The minimum atomic E-state index is 0. The van der Waals surface area contributed by atoms with Crippen LogP contribution in [-0.2, 0) is 16.5 Å². The van der Waals surface area contributed by atoms with Crippen LogP contribution in [0.4, 0.5) is 0 Å². The molecule has 24 valence electrons. The summed E-state index contributed by atoms with van der Waals surface area (Å²) in [6, 6.07) is 0. The van der Waals surface area contributed by atoms with E-state index in [1.165, 1.54) is 0 Å². The second kappa shape index (κ2) is 16.2. The van der Waals surface area contributed by atoms with E-state index in [2.05, 4.69) is 0 Å². The molecule has 1 nitrogen and oxygen atoms in total. The van der Waals surface area contributed by atoms with E-state index < -0.39 is 0 Å². The van der Waals surface area contributed by atoms with Gasteiger partial charge in [0.1, 0.15) is 0 Å². The number of hydrogen-bond acceptors (Lipinski definition) is 0. The molecule has 0 heterocycles. The zero-order valence-corrected chi connectivity index (χ0v) is 8.84. The molecule has 0 bridgehead atoms. The van der Waals surface area contributed by atoms with E-state index in [0.717, 1.165) is 0 Å². The van der Waals surface area contributed by atoms with Crippen molar-refractivity contribution in [3.8, 4) is 0 Å². The van der Waals surface area contributed by atoms with Crippen molar-refractivity contribution in [1.82, 2.24) is 0 Å². The van der Waals surface area contributed by atoms with E-state index in [0.29, 0.717) is 0 Å². The van der Waals surface area contributed by atoms with Crippen molar-refractivity contribution in [1.29, 1.82) is 0 Å². The van der Waals surface area contributed by atoms with E-state index in [-0.39, 0.29) is 115 Å². The summed E-state index contributed by atoms with van der Waals surface area (Å²) in [6.07, 6.45) is 0. The van der Waals surface area contributed by atoms with Gasteiger partial charge in [-0.1, -0.05) is 0 Å². The van der Waals surface area contributed by atoms with Gasteiger partial charge in [-0.2, -0.15) is 0 Å². The average molecular weight is 159 g/mol. The van der Waals surface area contributed by atoms with Crippen molar-refractivity contribution in [3.63, 3.8) is 0 Å². The third-order valence-corrected chi connectivity index (χ3v) is 0. The number of rotatable bonds is 0. The van der Waals surface area contributed by atoms with Gasteiger partial charge in [0.05, 0.1) is 0 Å². The molecule has 0 aromatic rings. The Morgan fingerprint density at radius 2 is 1.25 bits per heavy atom. The topological polar surface area (TPSA) is 31.5 Å². The molecule has 0 fully saturated rings. The predicted molar refractivity (Wildman–Crippen MR) is 12.7 cm³/mol. The molecule has 0 aliphatic heterocycles. The van der Waals surface area contributed by atoms with E-state index in [1.54, 1.807) is 0 Å². The van der Waals surface area contributed by atoms with Crippen molar-refractivity contribution >= 4 is 37.7 Å². The van der Waals surface area contributed by atoms with Crippen LogP contribution in [0, 0.1) is 0 Å². The second-order valence-corrected chi connectivity index (χ2v) is 0. The van der Waals surface area contributed by atoms with Crippen LogP contribution in [0.2, 0.25) is 0 Å². The molecule has 0 aromatic heterocycles. The van der Waals surface area contributed by atoms with E-state index in [1.807, 2.05) is 0 Å². The molecule has 4 heavy (non-hydrogen) atoms. The summed E-state index contributed by atoms with van der Waals surface area (Å²) in [7, 11) is 0. The Morgan fingerprint density at radius 3 is 1.25 bits per heavy atom.